The highest BCUT2D eigenvalue weighted by Gasteiger charge is 2.41. The van der Waals surface area contributed by atoms with Gasteiger partial charge in [0, 0.05) is 19.5 Å². The van der Waals surface area contributed by atoms with Gasteiger partial charge in [0.2, 0.25) is 11.8 Å². The number of unbranched alkanes of at least 4 members (excludes halogenated alkanes) is 2. The van der Waals surface area contributed by atoms with E-state index >= 15 is 0 Å². The normalized spacial score (nSPS) is 24.4. The molecule has 30 heavy (non-hydrogen) atoms. The summed E-state index contributed by atoms with van der Waals surface area (Å²) in [6.45, 7) is 8.25. The Balaban J connectivity index is 1.58. The second-order valence-electron chi connectivity index (χ2n) is 7.86. The summed E-state index contributed by atoms with van der Waals surface area (Å²) in [5.41, 5.74) is 0.577. The van der Waals surface area contributed by atoms with Gasteiger partial charge in [-0.05, 0) is 44.5 Å². The van der Waals surface area contributed by atoms with Crippen molar-refractivity contribution in [2.24, 2.45) is 0 Å². The molecule has 0 saturated carbocycles. The summed E-state index contributed by atoms with van der Waals surface area (Å²) >= 11 is 6.89. The van der Waals surface area contributed by atoms with Crippen LogP contribution in [0.15, 0.2) is 24.3 Å². The number of nitrogens with zero attached hydrogens (tertiary/aromatic N) is 2. The molecule has 2 aliphatic heterocycles. The number of anilines is 1. The molecule has 2 heterocycles. The Bertz CT molecular complexity index is 761. The maximum absolute atomic E-state index is 12.9. The number of carbonyl (C=O) groups excluding carboxylic acids is 2. The minimum Gasteiger partial charge on any atom is -0.494 e. The maximum atomic E-state index is 12.9. The molecule has 0 spiro atoms. The Morgan fingerprint density at radius 3 is 2.47 bits per heavy atom. The highest BCUT2D eigenvalue weighted by molar-refractivity contribution is 8.23. The van der Waals surface area contributed by atoms with Crippen LogP contribution < -0.4 is 9.64 Å². The van der Waals surface area contributed by atoms with Crippen molar-refractivity contribution in [3.8, 4) is 5.75 Å². The smallest absolute Gasteiger partial charge is 0.247 e. The number of carbonyl (C=O) groups is 2. The lowest BCUT2D eigenvalue weighted by atomic mass is 10.2. The van der Waals surface area contributed by atoms with Gasteiger partial charge in [0.1, 0.15) is 15.3 Å². The zero-order chi connectivity index (χ0) is 21.7. The van der Waals surface area contributed by atoms with Crippen molar-refractivity contribution in [3.05, 3.63) is 24.3 Å². The van der Waals surface area contributed by atoms with Crippen molar-refractivity contribution >= 4 is 45.8 Å². The van der Waals surface area contributed by atoms with Gasteiger partial charge < -0.3 is 14.4 Å². The van der Waals surface area contributed by atoms with Gasteiger partial charge in [-0.25, -0.2) is 4.90 Å². The monoisotopic (exact) mass is 450 g/mol. The van der Waals surface area contributed by atoms with Gasteiger partial charge in [-0.15, -0.1) is 0 Å². The average molecular weight is 451 g/mol. The number of thioether (sulfide) groups is 1. The first-order valence-corrected chi connectivity index (χ1v) is 11.9. The standard InChI is InChI=1S/C22H30N2O4S2/c1-4-5-6-11-27-18-9-7-17(8-10-18)24-20(25)12-19(21(24)26)30-22(29)23-13-15(2)28-16(3)14-23/h7-10,15-16,19H,4-6,11-14H2,1-3H3/t15-,16-,19+/m0/s1. The minimum atomic E-state index is -0.483. The Kier molecular flexibility index (Phi) is 8.13. The number of amides is 2. The summed E-state index contributed by atoms with van der Waals surface area (Å²) in [4.78, 5) is 28.9. The van der Waals surface area contributed by atoms with E-state index in [1.54, 1.807) is 12.1 Å². The molecule has 0 aromatic heterocycles. The molecule has 0 bridgehead atoms. The largest absolute Gasteiger partial charge is 0.494 e. The highest BCUT2D eigenvalue weighted by Crippen LogP contribution is 2.32. The Labute approximate surface area is 188 Å². The van der Waals surface area contributed by atoms with Crippen molar-refractivity contribution in [3.63, 3.8) is 0 Å². The lowest BCUT2D eigenvalue weighted by Gasteiger charge is -2.36. The molecular formula is C22H30N2O4S2. The summed E-state index contributed by atoms with van der Waals surface area (Å²) in [6, 6.07) is 7.15. The van der Waals surface area contributed by atoms with E-state index in [1.807, 2.05) is 26.0 Å². The van der Waals surface area contributed by atoms with Gasteiger partial charge in [-0.1, -0.05) is 43.7 Å². The van der Waals surface area contributed by atoms with Crippen LogP contribution in [0.2, 0.25) is 0 Å². The molecule has 0 radical (unpaired) electrons. The molecule has 6 nitrogen and oxygen atoms in total. The zero-order valence-electron chi connectivity index (χ0n) is 17.8. The fourth-order valence-electron chi connectivity index (χ4n) is 3.72. The molecule has 164 valence electrons. The van der Waals surface area contributed by atoms with Crippen molar-refractivity contribution < 1.29 is 19.1 Å². The van der Waals surface area contributed by atoms with E-state index in [2.05, 4.69) is 11.8 Å². The molecule has 2 fully saturated rings. The predicted molar refractivity (Wildman–Crippen MR) is 124 cm³/mol. The molecule has 2 saturated heterocycles. The van der Waals surface area contributed by atoms with E-state index in [1.165, 1.54) is 16.7 Å². The lowest BCUT2D eigenvalue weighted by Crippen LogP contribution is -2.47. The minimum absolute atomic E-state index is 0.0902. The van der Waals surface area contributed by atoms with E-state index in [0.717, 1.165) is 25.0 Å². The predicted octanol–water partition coefficient (Wildman–Crippen LogP) is 4.01. The van der Waals surface area contributed by atoms with Gasteiger partial charge in [-0.3, -0.25) is 9.59 Å². The Morgan fingerprint density at radius 2 is 1.83 bits per heavy atom. The molecular weight excluding hydrogens is 420 g/mol. The third-order valence-electron chi connectivity index (χ3n) is 5.14. The molecule has 0 aliphatic carbocycles. The van der Waals surface area contributed by atoms with E-state index in [9.17, 15) is 9.59 Å². The summed E-state index contributed by atoms with van der Waals surface area (Å²) in [6.07, 6.45) is 3.64. The molecule has 1 aromatic carbocycles. The number of imide groups is 1. The van der Waals surface area contributed by atoms with Crippen LogP contribution in [0.5, 0.6) is 5.75 Å². The van der Waals surface area contributed by atoms with E-state index in [-0.39, 0.29) is 30.4 Å². The van der Waals surface area contributed by atoms with Crippen LogP contribution in [-0.2, 0) is 14.3 Å². The van der Waals surface area contributed by atoms with Crippen molar-refractivity contribution in [1.82, 2.24) is 4.90 Å². The number of rotatable bonds is 7. The number of thiocarbonyl (C=S) groups is 1. The van der Waals surface area contributed by atoms with E-state index in [4.69, 9.17) is 21.7 Å². The van der Waals surface area contributed by atoms with Gasteiger partial charge in [0.15, 0.2) is 0 Å². The van der Waals surface area contributed by atoms with Gasteiger partial charge in [0.05, 0.1) is 24.5 Å². The first-order chi connectivity index (χ1) is 14.4. The van der Waals surface area contributed by atoms with Gasteiger partial charge in [0.25, 0.3) is 0 Å². The number of hydrogen-bond acceptors (Lipinski definition) is 6. The average Bonchev–Trinajstić information content (AvgIpc) is 2.98. The van der Waals surface area contributed by atoms with Crippen LogP contribution in [0.4, 0.5) is 5.69 Å². The molecule has 3 rings (SSSR count). The van der Waals surface area contributed by atoms with Crippen LogP contribution in [0, 0.1) is 0 Å². The molecule has 2 amide bonds. The first-order valence-electron chi connectivity index (χ1n) is 10.6. The summed E-state index contributed by atoms with van der Waals surface area (Å²) < 4.78 is 12.1. The zero-order valence-corrected chi connectivity index (χ0v) is 19.5. The summed E-state index contributed by atoms with van der Waals surface area (Å²) in [7, 11) is 0. The van der Waals surface area contributed by atoms with Crippen molar-refractivity contribution in [2.75, 3.05) is 24.6 Å². The number of morpholine rings is 1. The fourth-order valence-corrected chi connectivity index (χ4v) is 5.20. The highest BCUT2D eigenvalue weighted by atomic mass is 32.2. The van der Waals surface area contributed by atoms with E-state index in [0.29, 0.717) is 29.7 Å². The molecule has 3 atom stereocenters. The van der Waals surface area contributed by atoms with Crippen LogP contribution in [0.1, 0.15) is 46.5 Å². The quantitative estimate of drug-likeness (QED) is 0.353. The van der Waals surface area contributed by atoms with Crippen LogP contribution >= 0.6 is 24.0 Å². The van der Waals surface area contributed by atoms with Gasteiger partial charge in [-0.2, -0.15) is 0 Å². The SMILES string of the molecule is CCCCCOc1ccc(N2C(=O)C[C@@H](SC(=S)N3C[C@H](C)O[C@@H](C)C3)C2=O)cc1. The molecule has 1 aromatic rings. The molecule has 2 aliphatic rings. The summed E-state index contributed by atoms with van der Waals surface area (Å²) in [5, 5.41) is -0.483. The lowest BCUT2D eigenvalue weighted by molar-refractivity contribution is -0.121. The van der Waals surface area contributed by atoms with E-state index < -0.39 is 5.25 Å². The molecule has 8 heteroatoms. The van der Waals surface area contributed by atoms with Crippen molar-refractivity contribution in [2.45, 2.75) is 63.9 Å². The topological polar surface area (TPSA) is 59.1 Å². The number of benzene rings is 1. The van der Waals surface area contributed by atoms with Crippen molar-refractivity contribution in [1.29, 1.82) is 0 Å². The number of ether oxygens (including phenoxy) is 2. The van der Waals surface area contributed by atoms with Crippen LogP contribution in [0.3, 0.4) is 0 Å². The second-order valence-corrected chi connectivity index (χ2v) is 9.69. The summed E-state index contributed by atoms with van der Waals surface area (Å²) in [5.74, 6) is 0.343. The van der Waals surface area contributed by atoms with Crippen LogP contribution in [-0.4, -0.2) is 58.2 Å². The second kappa shape index (κ2) is 10.6. The third-order valence-corrected chi connectivity index (χ3v) is 6.80. The van der Waals surface area contributed by atoms with Crippen LogP contribution in [0.25, 0.3) is 0 Å². The maximum Gasteiger partial charge on any atom is 0.247 e. The van der Waals surface area contributed by atoms with Gasteiger partial charge >= 0.3 is 0 Å². The fraction of sp³-hybridized carbons (Fsp3) is 0.591. The first kappa shape index (κ1) is 23.0. The Morgan fingerprint density at radius 1 is 1.17 bits per heavy atom. The molecule has 0 unspecified atom stereocenters. The molecule has 0 N–H and O–H groups in total. The number of hydrogen-bond donors (Lipinski definition) is 0. The Hall–Kier alpha value is -1.64. The third kappa shape index (κ3) is 5.74.